The summed E-state index contributed by atoms with van der Waals surface area (Å²) < 4.78 is 0. The Morgan fingerprint density at radius 2 is 2.25 bits per heavy atom. The number of aryl methyl sites for hydroxylation is 1. The van der Waals surface area contributed by atoms with E-state index < -0.39 is 0 Å². The van der Waals surface area contributed by atoms with Gasteiger partial charge in [-0.05, 0) is 19.1 Å². The van der Waals surface area contributed by atoms with Crippen molar-refractivity contribution >= 4 is 10.9 Å². The van der Waals surface area contributed by atoms with E-state index in [1.807, 2.05) is 25.1 Å². The van der Waals surface area contributed by atoms with Crippen LogP contribution in [0.2, 0.25) is 0 Å². The molecule has 0 fully saturated rings. The van der Waals surface area contributed by atoms with Crippen LogP contribution >= 0.6 is 0 Å². The maximum atomic E-state index is 11.2. The SMILES string of the molecule is Cc1ccc2[nH]ncc(=O)c2c1. The van der Waals surface area contributed by atoms with E-state index in [2.05, 4.69) is 10.2 Å². The Bertz CT molecular complexity index is 473. The number of H-pyrrole nitrogens is 1. The molecule has 2 rings (SSSR count). The van der Waals surface area contributed by atoms with Crippen LogP contribution in [-0.2, 0) is 0 Å². The Morgan fingerprint density at radius 1 is 1.42 bits per heavy atom. The number of nitrogens with zero attached hydrogens (tertiary/aromatic N) is 1. The molecule has 0 unspecified atom stereocenters. The molecule has 1 aromatic heterocycles. The lowest BCUT2D eigenvalue weighted by molar-refractivity contribution is 1.06. The second kappa shape index (κ2) is 2.44. The Kier molecular flexibility index (Phi) is 1.43. The zero-order chi connectivity index (χ0) is 8.55. The summed E-state index contributed by atoms with van der Waals surface area (Å²) in [6, 6.07) is 5.66. The molecule has 0 aliphatic heterocycles. The van der Waals surface area contributed by atoms with E-state index in [4.69, 9.17) is 0 Å². The van der Waals surface area contributed by atoms with Crippen molar-refractivity contribution in [2.75, 3.05) is 0 Å². The first-order valence-electron chi connectivity index (χ1n) is 3.71. The lowest BCUT2D eigenvalue weighted by Gasteiger charge is -1.96. The van der Waals surface area contributed by atoms with Gasteiger partial charge >= 0.3 is 0 Å². The van der Waals surface area contributed by atoms with Gasteiger partial charge in [-0.1, -0.05) is 11.6 Å². The molecule has 1 aromatic carbocycles. The van der Waals surface area contributed by atoms with Crippen LogP contribution in [0, 0.1) is 6.92 Å². The number of hydrogen-bond acceptors (Lipinski definition) is 2. The summed E-state index contributed by atoms with van der Waals surface area (Å²) in [6.07, 6.45) is 1.29. The predicted octanol–water partition coefficient (Wildman–Crippen LogP) is 1.23. The molecule has 0 bridgehead atoms. The molecule has 0 saturated carbocycles. The van der Waals surface area contributed by atoms with Crippen molar-refractivity contribution in [1.82, 2.24) is 10.2 Å². The second-order valence-electron chi connectivity index (χ2n) is 2.78. The largest absolute Gasteiger partial charge is 0.287 e. The van der Waals surface area contributed by atoms with Crippen LogP contribution in [0.1, 0.15) is 5.56 Å². The highest BCUT2D eigenvalue weighted by molar-refractivity contribution is 5.78. The summed E-state index contributed by atoms with van der Waals surface area (Å²) in [5, 5.41) is 7.17. The van der Waals surface area contributed by atoms with Gasteiger partial charge in [0, 0.05) is 5.39 Å². The third-order valence-corrected chi connectivity index (χ3v) is 1.81. The molecule has 0 spiro atoms. The Balaban J connectivity index is 2.98. The maximum Gasteiger partial charge on any atom is 0.207 e. The minimum atomic E-state index is -0.0348. The van der Waals surface area contributed by atoms with E-state index >= 15 is 0 Å². The van der Waals surface area contributed by atoms with E-state index in [0.717, 1.165) is 11.1 Å². The van der Waals surface area contributed by atoms with E-state index in [1.165, 1.54) is 6.20 Å². The lowest BCUT2D eigenvalue weighted by Crippen LogP contribution is -2.02. The summed E-state index contributed by atoms with van der Waals surface area (Å²) in [7, 11) is 0. The molecule has 1 N–H and O–H groups in total. The smallest absolute Gasteiger partial charge is 0.207 e. The topological polar surface area (TPSA) is 45.8 Å². The van der Waals surface area contributed by atoms with Gasteiger partial charge in [0.25, 0.3) is 0 Å². The molecule has 0 saturated heterocycles. The minimum absolute atomic E-state index is 0.0348. The van der Waals surface area contributed by atoms with E-state index in [9.17, 15) is 4.79 Å². The fourth-order valence-corrected chi connectivity index (χ4v) is 1.19. The fraction of sp³-hybridized carbons (Fsp3) is 0.111. The zero-order valence-electron chi connectivity index (χ0n) is 6.66. The third kappa shape index (κ3) is 0.993. The summed E-state index contributed by atoms with van der Waals surface area (Å²) in [4.78, 5) is 11.2. The Morgan fingerprint density at radius 3 is 3.08 bits per heavy atom. The summed E-state index contributed by atoms with van der Waals surface area (Å²) in [5.74, 6) is 0. The maximum absolute atomic E-state index is 11.2. The van der Waals surface area contributed by atoms with Crippen molar-refractivity contribution in [2.45, 2.75) is 6.92 Å². The molecule has 0 aliphatic carbocycles. The van der Waals surface area contributed by atoms with Gasteiger partial charge in [0.15, 0.2) is 0 Å². The van der Waals surface area contributed by atoms with Crippen molar-refractivity contribution in [1.29, 1.82) is 0 Å². The van der Waals surface area contributed by atoms with Gasteiger partial charge in [-0.15, -0.1) is 0 Å². The van der Waals surface area contributed by atoms with Gasteiger partial charge in [-0.25, -0.2) is 0 Å². The molecular formula is C9H8N2O. The molecule has 3 heteroatoms. The zero-order valence-corrected chi connectivity index (χ0v) is 6.66. The van der Waals surface area contributed by atoms with Crippen molar-refractivity contribution in [3.05, 3.63) is 40.2 Å². The predicted molar refractivity (Wildman–Crippen MR) is 47.1 cm³/mol. The first-order valence-corrected chi connectivity index (χ1v) is 3.71. The quantitative estimate of drug-likeness (QED) is 0.630. The van der Waals surface area contributed by atoms with Crippen LogP contribution in [0.25, 0.3) is 10.9 Å². The van der Waals surface area contributed by atoms with Crippen LogP contribution in [0.15, 0.2) is 29.2 Å². The highest BCUT2D eigenvalue weighted by Gasteiger charge is 1.96. The van der Waals surface area contributed by atoms with E-state index in [1.54, 1.807) is 0 Å². The third-order valence-electron chi connectivity index (χ3n) is 1.81. The number of nitrogens with one attached hydrogen (secondary N) is 1. The van der Waals surface area contributed by atoms with Crippen LogP contribution in [0.4, 0.5) is 0 Å². The number of aromatic amines is 1. The molecule has 0 atom stereocenters. The molecule has 0 radical (unpaired) electrons. The molecular weight excluding hydrogens is 152 g/mol. The lowest BCUT2D eigenvalue weighted by atomic mass is 10.1. The van der Waals surface area contributed by atoms with Crippen molar-refractivity contribution < 1.29 is 0 Å². The summed E-state index contributed by atoms with van der Waals surface area (Å²) in [6.45, 7) is 1.96. The molecule has 2 aromatic rings. The van der Waals surface area contributed by atoms with Crippen LogP contribution in [-0.4, -0.2) is 10.2 Å². The average molecular weight is 160 g/mol. The molecule has 0 amide bonds. The van der Waals surface area contributed by atoms with Crippen LogP contribution in [0.3, 0.4) is 0 Å². The first kappa shape index (κ1) is 7.03. The summed E-state index contributed by atoms with van der Waals surface area (Å²) >= 11 is 0. The van der Waals surface area contributed by atoms with E-state index in [-0.39, 0.29) is 5.43 Å². The Hall–Kier alpha value is -1.64. The first-order chi connectivity index (χ1) is 5.77. The number of hydrogen-bond donors (Lipinski definition) is 1. The number of aromatic nitrogens is 2. The monoisotopic (exact) mass is 160 g/mol. The Labute approximate surface area is 69.0 Å². The van der Waals surface area contributed by atoms with Crippen molar-refractivity contribution in [3.63, 3.8) is 0 Å². The number of fused-ring (bicyclic) bond motifs is 1. The fourth-order valence-electron chi connectivity index (χ4n) is 1.19. The number of rotatable bonds is 0. The van der Waals surface area contributed by atoms with Gasteiger partial charge in [-0.2, -0.15) is 5.10 Å². The van der Waals surface area contributed by atoms with E-state index in [0.29, 0.717) is 5.39 Å². The van der Waals surface area contributed by atoms with Crippen LogP contribution in [0.5, 0.6) is 0 Å². The van der Waals surface area contributed by atoms with Crippen molar-refractivity contribution in [2.24, 2.45) is 0 Å². The molecule has 60 valence electrons. The second-order valence-corrected chi connectivity index (χ2v) is 2.78. The van der Waals surface area contributed by atoms with Gasteiger partial charge < -0.3 is 0 Å². The highest BCUT2D eigenvalue weighted by atomic mass is 16.1. The average Bonchev–Trinajstić information content (AvgIpc) is 2.07. The minimum Gasteiger partial charge on any atom is -0.287 e. The van der Waals surface area contributed by atoms with Gasteiger partial charge in [-0.3, -0.25) is 9.89 Å². The van der Waals surface area contributed by atoms with Crippen LogP contribution < -0.4 is 5.43 Å². The van der Waals surface area contributed by atoms with Gasteiger partial charge in [0.2, 0.25) is 5.43 Å². The number of benzene rings is 1. The molecule has 0 aliphatic rings. The summed E-state index contributed by atoms with van der Waals surface area (Å²) in [5.41, 5.74) is 1.83. The van der Waals surface area contributed by atoms with Crippen molar-refractivity contribution in [3.8, 4) is 0 Å². The van der Waals surface area contributed by atoms with Gasteiger partial charge in [0.1, 0.15) is 0 Å². The highest BCUT2D eigenvalue weighted by Crippen LogP contribution is 2.07. The van der Waals surface area contributed by atoms with Gasteiger partial charge in [0.05, 0.1) is 11.7 Å². The normalized spacial score (nSPS) is 10.4. The molecule has 3 nitrogen and oxygen atoms in total. The molecule has 1 heterocycles. The molecule has 12 heavy (non-hydrogen) atoms. The standard InChI is InChI=1S/C9H8N2O/c1-6-2-3-8-7(4-6)9(12)5-10-11-8/h2-5H,1H3,(H,11,12).